The first-order valence-electron chi connectivity index (χ1n) is 6.94. The van der Waals surface area contributed by atoms with E-state index in [-0.39, 0.29) is 11.9 Å². The summed E-state index contributed by atoms with van der Waals surface area (Å²) in [4.78, 5) is 12.3. The van der Waals surface area contributed by atoms with Gasteiger partial charge in [0, 0.05) is 10.9 Å². The number of carbonyl (C=O) groups excluding carboxylic acids is 1. The van der Waals surface area contributed by atoms with Gasteiger partial charge in [0.15, 0.2) is 0 Å². The molecule has 1 aromatic heterocycles. The van der Waals surface area contributed by atoms with E-state index < -0.39 is 0 Å². The summed E-state index contributed by atoms with van der Waals surface area (Å²) < 4.78 is 0. The summed E-state index contributed by atoms with van der Waals surface area (Å²) in [6.07, 6.45) is 1.74. The van der Waals surface area contributed by atoms with Crippen LogP contribution in [-0.2, 0) is 0 Å². The van der Waals surface area contributed by atoms with Crippen molar-refractivity contribution in [2.45, 2.75) is 19.9 Å². The Morgan fingerprint density at radius 3 is 2.71 bits per heavy atom. The summed E-state index contributed by atoms with van der Waals surface area (Å²) in [5.41, 5.74) is 3.80. The van der Waals surface area contributed by atoms with Crippen LogP contribution in [0.3, 0.4) is 0 Å². The van der Waals surface area contributed by atoms with E-state index in [1.165, 1.54) is 5.56 Å². The van der Waals surface area contributed by atoms with Gasteiger partial charge in [0.25, 0.3) is 5.91 Å². The molecule has 0 saturated carbocycles. The number of aromatic amines is 1. The van der Waals surface area contributed by atoms with Crippen molar-refractivity contribution in [1.82, 2.24) is 15.5 Å². The van der Waals surface area contributed by atoms with Crippen LogP contribution < -0.4 is 5.32 Å². The Bertz CT molecular complexity index is 774. The SMILES string of the molecule is Cc1ccc(C(C)NC(=O)c2ccc3cn[nH]c3c2)cc1. The Kier molecular flexibility index (Phi) is 3.44. The van der Waals surface area contributed by atoms with Crippen LogP contribution in [0.25, 0.3) is 10.9 Å². The third-order valence-corrected chi connectivity index (χ3v) is 3.63. The molecule has 106 valence electrons. The minimum atomic E-state index is -0.0837. The standard InChI is InChI=1S/C17H17N3O/c1-11-3-5-13(6-4-11)12(2)19-17(21)14-7-8-15-10-18-20-16(15)9-14/h3-10,12H,1-2H3,(H,18,20)(H,19,21). The number of nitrogens with one attached hydrogen (secondary N) is 2. The number of carbonyl (C=O) groups is 1. The van der Waals surface area contributed by atoms with E-state index in [1.807, 2.05) is 44.2 Å². The molecule has 2 aromatic carbocycles. The highest BCUT2D eigenvalue weighted by Crippen LogP contribution is 2.16. The fourth-order valence-corrected chi connectivity index (χ4v) is 2.30. The highest BCUT2D eigenvalue weighted by atomic mass is 16.1. The van der Waals surface area contributed by atoms with E-state index in [4.69, 9.17) is 0 Å². The molecule has 0 radical (unpaired) electrons. The molecular weight excluding hydrogens is 262 g/mol. The molecule has 3 rings (SSSR count). The zero-order chi connectivity index (χ0) is 14.8. The van der Waals surface area contributed by atoms with E-state index in [0.717, 1.165) is 16.5 Å². The van der Waals surface area contributed by atoms with Crippen molar-refractivity contribution in [3.8, 4) is 0 Å². The molecule has 21 heavy (non-hydrogen) atoms. The number of benzene rings is 2. The number of nitrogens with zero attached hydrogens (tertiary/aromatic N) is 1. The molecule has 4 heteroatoms. The number of rotatable bonds is 3. The Balaban J connectivity index is 1.77. The zero-order valence-electron chi connectivity index (χ0n) is 12.1. The van der Waals surface area contributed by atoms with Crippen molar-refractivity contribution in [2.75, 3.05) is 0 Å². The number of aromatic nitrogens is 2. The summed E-state index contributed by atoms with van der Waals surface area (Å²) in [7, 11) is 0. The summed E-state index contributed by atoms with van der Waals surface area (Å²) in [6, 6.07) is 13.7. The van der Waals surface area contributed by atoms with Gasteiger partial charge in [-0.25, -0.2) is 0 Å². The maximum atomic E-state index is 12.3. The predicted octanol–water partition coefficient (Wildman–Crippen LogP) is 3.36. The first kappa shape index (κ1) is 13.4. The molecule has 1 amide bonds. The van der Waals surface area contributed by atoms with Crippen LogP contribution in [0.1, 0.15) is 34.5 Å². The minimum Gasteiger partial charge on any atom is -0.346 e. The Labute approximate surface area is 123 Å². The second kappa shape index (κ2) is 5.40. The highest BCUT2D eigenvalue weighted by molar-refractivity contribution is 5.97. The summed E-state index contributed by atoms with van der Waals surface area (Å²) in [5, 5.41) is 10.9. The van der Waals surface area contributed by atoms with E-state index >= 15 is 0 Å². The van der Waals surface area contributed by atoms with E-state index in [2.05, 4.69) is 27.6 Å². The molecule has 0 bridgehead atoms. The highest BCUT2D eigenvalue weighted by Gasteiger charge is 2.12. The first-order chi connectivity index (χ1) is 10.1. The van der Waals surface area contributed by atoms with Crippen molar-refractivity contribution in [3.63, 3.8) is 0 Å². The molecule has 0 aliphatic carbocycles. The predicted molar refractivity (Wildman–Crippen MR) is 83.2 cm³/mol. The van der Waals surface area contributed by atoms with Gasteiger partial charge in [0.05, 0.1) is 17.8 Å². The van der Waals surface area contributed by atoms with Gasteiger partial charge in [-0.1, -0.05) is 35.9 Å². The van der Waals surface area contributed by atoms with Crippen molar-refractivity contribution in [2.24, 2.45) is 0 Å². The lowest BCUT2D eigenvalue weighted by Crippen LogP contribution is -2.26. The fourth-order valence-electron chi connectivity index (χ4n) is 2.30. The summed E-state index contributed by atoms with van der Waals surface area (Å²) in [5.74, 6) is -0.0837. The summed E-state index contributed by atoms with van der Waals surface area (Å²) in [6.45, 7) is 4.03. The monoisotopic (exact) mass is 279 g/mol. The molecule has 1 atom stereocenters. The second-order valence-corrected chi connectivity index (χ2v) is 5.28. The number of fused-ring (bicyclic) bond motifs is 1. The fraction of sp³-hybridized carbons (Fsp3) is 0.176. The van der Waals surface area contributed by atoms with Gasteiger partial charge in [-0.05, 0) is 31.5 Å². The zero-order valence-corrected chi connectivity index (χ0v) is 12.1. The molecule has 3 aromatic rings. The van der Waals surface area contributed by atoms with Gasteiger partial charge in [-0.3, -0.25) is 9.89 Å². The maximum Gasteiger partial charge on any atom is 0.251 e. The van der Waals surface area contributed by atoms with Crippen LogP contribution >= 0.6 is 0 Å². The summed E-state index contributed by atoms with van der Waals surface area (Å²) >= 11 is 0. The van der Waals surface area contributed by atoms with Crippen molar-refractivity contribution in [1.29, 1.82) is 0 Å². The average molecular weight is 279 g/mol. The van der Waals surface area contributed by atoms with Crippen LogP contribution in [0, 0.1) is 6.92 Å². The lowest BCUT2D eigenvalue weighted by atomic mass is 10.1. The van der Waals surface area contributed by atoms with E-state index in [9.17, 15) is 4.79 Å². The normalized spacial score (nSPS) is 12.3. The van der Waals surface area contributed by atoms with Crippen molar-refractivity contribution < 1.29 is 4.79 Å². The van der Waals surface area contributed by atoms with Crippen LogP contribution in [-0.4, -0.2) is 16.1 Å². The lowest BCUT2D eigenvalue weighted by molar-refractivity contribution is 0.0940. The molecule has 0 aliphatic heterocycles. The van der Waals surface area contributed by atoms with Crippen LogP contribution in [0.5, 0.6) is 0 Å². The number of amides is 1. The third-order valence-electron chi connectivity index (χ3n) is 3.63. The topological polar surface area (TPSA) is 57.8 Å². The Morgan fingerprint density at radius 2 is 1.95 bits per heavy atom. The number of H-pyrrole nitrogens is 1. The average Bonchev–Trinajstić information content (AvgIpc) is 2.95. The number of hydrogen-bond acceptors (Lipinski definition) is 2. The number of aryl methyl sites for hydroxylation is 1. The molecule has 2 N–H and O–H groups in total. The maximum absolute atomic E-state index is 12.3. The number of hydrogen-bond donors (Lipinski definition) is 2. The lowest BCUT2D eigenvalue weighted by Gasteiger charge is -2.14. The van der Waals surface area contributed by atoms with Crippen LogP contribution in [0.15, 0.2) is 48.7 Å². The van der Waals surface area contributed by atoms with Gasteiger partial charge in [0.2, 0.25) is 0 Å². The first-order valence-corrected chi connectivity index (χ1v) is 6.94. The molecule has 0 spiro atoms. The molecular formula is C17H17N3O. The molecule has 0 fully saturated rings. The smallest absolute Gasteiger partial charge is 0.251 e. The van der Waals surface area contributed by atoms with Gasteiger partial charge >= 0.3 is 0 Å². The third kappa shape index (κ3) is 2.79. The molecule has 0 saturated heterocycles. The van der Waals surface area contributed by atoms with Crippen LogP contribution in [0.4, 0.5) is 0 Å². The quantitative estimate of drug-likeness (QED) is 0.772. The van der Waals surface area contributed by atoms with Gasteiger partial charge in [-0.2, -0.15) is 5.10 Å². The largest absolute Gasteiger partial charge is 0.346 e. The molecule has 0 aliphatic rings. The van der Waals surface area contributed by atoms with Crippen molar-refractivity contribution >= 4 is 16.8 Å². The Hall–Kier alpha value is -2.62. The van der Waals surface area contributed by atoms with Gasteiger partial charge < -0.3 is 5.32 Å². The molecule has 1 unspecified atom stereocenters. The minimum absolute atomic E-state index is 0.0319. The second-order valence-electron chi connectivity index (χ2n) is 5.28. The Morgan fingerprint density at radius 1 is 1.19 bits per heavy atom. The van der Waals surface area contributed by atoms with E-state index in [1.54, 1.807) is 6.20 Å². The van der Waals surface area contributed by atoms with Crippen LogP contribution in [0.2, 0.25) is 0 Å². The van der Waals surface area contributed by atoms with Gasteiger partial charge in [-0.15, -0.1) is 0 Å². The van der Waals surface area contributed by atoms with E-state index in [0.29, 0.717) is 5.56 Å². The molecule has 4 nitrogen and oxygen atoms in total. The van der Waals surface area contributed by atoms with Gasteiger partial charge in [0.1, 0.15) is 0 Å². The van der Waals surface area contributed by atoms with Crippen molar-refractivity contribution in [3.05, 3.63) is 65.4 Å². The molecule has 1 heterocycles.